The summed E-state index contributed by atoms with van der Waals surface area (Å²) in [5.74, 6) is 1.73. The monoisotopic (exact) mass is 294 g/mol. The fourth-order valence-corrected chi connectivity index (χ4v) is 2.34. The van der Waals surface area contributed by atoms with E-state index in [2.05, 4.69) is 0 Å². The lowest BCUT2D eigenvalue weighted by atomic mass is 10.3. The normalized spacial score (nSPS) is 10.2. The highest BCUT2D eigenvalue weighted by Gasteiger charge is 2.11. The second-order valence-corrected chi connectivity index (χ2v) is 4.66. The molecule has 0 fully saturated rings. The molecule has 0 bridgehead atoms. The van der Waals surface area contributed by atoms with Crippen LogP contribution in [0.1, 0.15) is 0 Å². The maximum absolute atomic E-state index is 11.9. The average Bonchev–Trinajstić information content (AvgIpc) is 2.48. The summed E-state index contributed by atoms with van der Waals surface area (Å²) in [5.41, 5.74) is 0. The first-order chi connectivity index (χ1) is 9.74. The van der Waals surface area contributed by atoms with E-state index in [0.29, 0.717) is 23.0 Å². The van der Waals surface area contributed by atoms with Gasteiger partial charge in [-0.15, -0.1) is 0 Å². The number of ether oxygens (including phenoxy) is 2. The Kier molecular flexibility index (Phi) is 4.91. The van der Waals surface area contributed by atoms with Gasteiger partial charge in [0.25, 0.3) is 0 Å². The minimum Gasteiger partial charge on any atom is -0.493 e. The van der Waals surface area contributed by atoms with Gasteiger partial charge < -0.3 is 18.5 Å². The maximum Gasteiger partial charge on any atom is 0.419 e. The van der Waals surface area contributed by atoms with Crippen molar-refractivity contribution in [2.75, 3.05) is 14.2 Å². The molecular formula is C14H15O5P. The summed E-state index contributed by atoms with van der Waals surface area (Å²) in [6, 6.07) is 13.9. The number of hydrogen-bond donors (Lipinski definition) is 0. The number of hydrogen-bond acceptors (Lipinski definition) is 5. The molecule has 0 radical (unpaired) electrons. The topological polar surface area (TPSA) is 54.0 Å². The van der Waals surface area contributed by atoms with E-state index in [9.17, 15) is 4.57 Å². The molecular weight excluding hydrogens is 279 g/mol. The van der Waals surface area contributed by atoms with Crippen molar-refractivity contribution in [3.8, 4) is 23.0 Å². The standard InChI is InChI=1S/C14H15O5P/c1-16-11-7-3-5-9-13(11)18-20(15)19-14-10-6-4-8-12(14)17-2/h3-10,20H,1-2H3. The quantitative estimate of drug-likeness (QED) is 0.763. The van der Waals surface area contributed by atoms with Crippen molar-refractivity contribution >= 4 is 8.25 Å². The van der Waals surface area contributed by atoms with Crippen molar-refractivity contribution in [1.29, 1.82) is 0 Å². The van der Waals surface area contributed by atoms with E-state index in [4.69, 9.17) is 18.5 Å². The van der Waals surface area contributed by atoms with Crippen LogP contribution in [0.3, 0.4) is 0 Å². The number of methoxy groups -OCH3 is 2. The van der Waals surface area contributed by atoms with Crippen LogP contribution in [0.25, 0.3) is 0 Å². The summed E-state index contributed by atoms with van der Waals surface area (Å²) >= 11 is 0. The Hall–Kier alpha value is -2.13. The van der Waals surface area contributed by atoms with Crippen LogP contribution in [0.2, 0.25) is 0 Å². The predicted molar refractivity (Wildman–Crippen MR) is 76.2 cm³/mol. The van der Waals surface area contributed by atoms with Crippen LogP contribution < -0.4 is 18.5 Å². The summed E-state index contributed by atoms with van der Waals surface area (Å²) < 4.78 is 32.7. The largest absolute Gasteiger partial charge is 0.493 e. The Labute approximate surface area is 118 Å². The predicted octanol–water partition coefficient (Wildman–Crippen LogP) is 3.55. The van der Waals surface area contributed by atoms with Gasteiger partial charge in [0.2, 0.25) is 0 Å². The highest BCUT2D eigenvalue weighted by atomic mass is 31.1. The Balaban J connectivity index is 2.09. The lowest BCUT2D eigenvalue weighted by Gasteiger charge is -2.12. The van der Waals surface area contributed by atoms with Gasteiger partial charge in [-0.3, -0.25) is 0 Å². The van der Waals surface area contributed by atoms with E-state index in [1.807, 2.05) is 0 Å². The van der Waals surface area contributed by atoms with Crippen molar-refractivity contribution in [3.63, 3.8) is 0 Å². The third-order valence-electron chi connectivity index (χ3n) is 2.52. The smallest absolute Gasteiger partial charge is 0.419 e. The maximum atomic E-state index is 11.9. The molecule has 0 saturated heterocycles. The van der Waals surface area contributed by atoms with E-state index in [1.165, 1.54) is 14.2 Å². The summed E-state index contributed by atoms with van der Waals surface area (Å²) in [5, 5.41) is 0. The van der Waals surface area contributed by atoms with Gasteiger partial charge in [0.15, 0.2) is 23.0 Å². The molecule has 0 aromatic heterocycles. The minimum absolute atomic E-state index is 0.369. The van der Waals surface area contributed by atoms with E-state index >= 15 is 0 Å². The highest BCUT2D eigenvalue weighted by Crippen LogP contribution is 2.38. The van der Waals surface area contributed by atoms with Crippen LogP contribution in [0.5, 0.6) is 23.0 Å². The van der Waals surface area contributed by atoms with Gasteiger partial charge in [-0.05, 0) is 24.3 Å². The minimum atomic E-state index is -2.77. The second-order valence-electron chi connectivity index (χ2n) is 3.76. The van der Waals surface area contributed by atoms with Gasteiger partial charge in [0, 0.05) is 0 Å². The van der Waals surface area contributed by atoms with Crippen molar-refractivity contribution in [3.05, 3.63) is 48.5 Å². The summed E-state index contributed by atoms with van der Waals surface area (Å²) in [4.78, 5) is 0. The molecule has 2 aromatic rings. The molecule has 5 nitrogen and oxygen atoms in total. The molecule has 6 heteroatoms. The van der Waals surface area contributed by atoms with Gasteiger partial charge in [0.05, 0.1) is 14.2 Å². The first kappa shape index (κ1) is 14.3. The number of rotatable bonds is 6. The van der Waals surface area contributed by atoms with Crippen LogP contribution in [0, 0.1) is 0 Å². The molecule has 0 amide bonds. The van der Waals surface area contributed by atoms with Gasteiger partial charge in [0.1, 0.15) is 0 Å². The molecule has 0 spiro atoms. The van der Waals surface area contributed by atoms with Gasteiger partial charge in [-0.2, -0.15) is 0 Å². The molecule has 2 aromatic carbocycles. The molecule has 2 rings (SSSR count). The Morgan fingerprint density at radius 2 is 1.05 bits per heavy atom. The lowest BCUT2D eigenvalue weighted by molar-refractivity contribution is 0.362. The summed E-state index contributed by atoms with van der Waals surface area (Å²) in [6.45, 7) is 0. The fraction of sp³-hybridized carbons (Fsp3) is 0.143. The van der Waals surface area contributed by atoms with Gasteiger partial charge >= 0.3 is 8.25 Å². The third kappa shape index (κ3) is 3.45. The highest BCUT2D eigenvalue weighted by molar-refractivity contribution is 7.34. The van der Waals surface area contributed by atoms with Crippen molar-refractivity contribution in [2.24, 2.45) is 0 Å². The first-order valence-corrected chi connectivity index (χ1v) is 7.12. The molecule has 0 unspecified atom stereocenters. The SMILES string of the molecule is COc1ccccc1O[PH](=O)Oc1ccccc1OC. The number of benzene rings is 2. The molecule has 0 aliphatic heterocycles. The molecule has 0 aliphatic carbocycles. The zero-order chi connectivity index (χ0) is 14.4. The molecule has 0 saturated carbocycles. The molecule has 0 N–H and O–H groups in total. The van der Waals surface area contributed by atoms with Crippen molar-refractivity contribution < 1.29 is 23.1 Å². The lowest BCUT2D eigenvalue weighted by Crippen LogP contribution is -1.93. The zero-order valence-electron chi connectivity index (χ0n) is 11.2. The van der Waals surface area contributed by atoms with E-state index in [0.717, 1.165) is 0 Å². The number of para-hydroxylation sites is 4. The summed E-state index contributed by atoms with van der Waals surface area (Å²) in [7, 11) is 0.261. The van der Waals surface area contributed by atoms with Crippen molar-refractivity contribution in [2.45, 2.75) is 0 Å². The van der Waals surface area contributed by atoms with Crippen LogP contribution >= 0.6 is 8.25 Å². The molecule has 0 heterocycles. The second kappa shape index (κ2) is 6.87. The van der Waals surface area contributed by atoms with Crippen LogP contribution in [0.15, 0.2) is 48.5 Å². The molecule has 0 aliphatic rings. The average molecular weight is 294 g/mol. The third-order valence-corrected chi connectivity index (χ3v) is 3.30. The van der Waals surface area contributed by atoms with E-state index < -0.39 is 8.25 Å². The zero-order valence-corrected chi connectivity index (χ0v) is 12.2. The van der Waals surface area contributed by atoms with Gasteiger partial charge in [-0.1, -0.05) is 24.3 Å². The van der Waals surface area contributed by atoms with E-state index in [1.54, 1.807) is 48.5 Å². The first-order valence-electron chi connectivity index (χ1n) is 5.90. The Morgan fingerprint density at radius 1 is 0.700 bits per heavy atom. The Morgan fingerprint density at radius 3 is 1.40 bits per heavy atom. The van der Waals surface area contributed by atoms with Crippen LogP contribution in [-0.4, -0.2) is 14.2 Å². The molecule has 0 atom stereocenters. The molecule has 106 valence electrons. The van der Waals surface area contributed by atoms with Crippen LogP contribution in [0.4, 0.5) is 0 Å². The fourth-order valence-electron chi connectivity index (χ4n) is 1.61. The Bertz CT molecular complexity index is 548. The summed E-state index contributed by atoms with van der Waals surface area (Å²) in [6.07, 6.45) is 0. The molecule has 20 heavy (non-hydrogen) atoms. The van der Waals surface area contributed by atoms with Gasteiger partial charge in [-0.25, -0.2) is 4.57 Å². The van der Waals surface area contributed by atoms with E-state index in [-0.39, 0.29) is 0 Å². The van der Waals surface area contributed by atoms with Crippen LogP contribution in [-0.2, 0) is 4.57 Å². The van der Waals surface area contributed by atoms with Crippen molar-refractivity contribution in [1.82, 2.24) is 0 Å².